The van der Waals surface area contributed by atoms with E-state index in [1.54, 1.807) is 0 Å². The predicted octanol–water partition coefficient (Wildman–Crippen LogP) is 3.86. The third-order valence-corrected chi connectivity index (χ3v) is 4.70. The maximum Gasteiger partial charge on any atom is 0.308 e. The Kier molecular flexibility index (Phi) is 5.13. The lowest BCUT2D eigenvalue weighted by Crippen LogP contribution is -2.15. The Labute approximate surface area is 142 Å². The van der Waals surface area contributed by atoms with Gasteiger partial charge in [-0.3, -0.25) is 9.52 Å². The van der Waals surface area contributed by atoms with Crippen LogP contribution in [0, 0.1) is 5.82 Å². The molecule has 5 nitrogen and oxygen atoms in total. The third kappa shape index (κ3) is 4.34. The molecule has 2 aromatic carbocycles. The van der Waals surface area contributed by atoms with Crippen LogP contribution in [0.1, 0.15) is 6.92 Å². The number of hydrogen-bond donors (Lipinski definition) is 1. The summed E-state index contributed by atoms with van der Waals surface area (Å²) in [5.41, 5.74) is -0.240. The van der Waals surface area contributed by atoms with Crippen LogP contribution >= 0.6 is 23.2 Å². The number of halogens is 3. The van der Waals surface area contributed by atoms with Gasteiger partial charge in [0, 0.05) is 18.0 Å². The number of hydrogen-bond acceptors (Lipinski definition) is 4. The van der Waals surface area contributed by atoms with Crippen molar-refractivity contribution in [3.05, 3.63) is 52.3 Å². The average Bonchev–Trinajstić information content (AvgIpc) is 2.43. The van der Waals surface area contributed by atoms with Gasteiger partial charge in [0.05, 0.1) is 10.7 Å². The van der Waals surface area contributed by atoms with E-state index in [-0.39, 0.29) is 26.4 Å². The normalized spacial score (nSPS) is 11.1. The number of sulfonamides is 1. The largest absolute Gasteiger partial charge is 0.424 e. The van der Waals surface area contributed by atoms with Crippen molar-refractivity contribution in [2.24, 2.45) is 0 Å². The van der Waals surface area contributed by atoms with E-state index in [2.05, 4.69) is 4.72 Å². The van der Waals surface area contributed by atoms with Crippen molar-refractivity contribution >= 4 is 44.9 Å². The molecule has 2 rings (SSSR count). The van der Waals surface area contributed by atoms with E-state index in [4.69, 9.17) is 27.9 Å². The molecule has 0 fully saturated rings. The molecule has 0 aliphatic heterocycles. The van der Waals surface area contributed by atoms with Crippen molar-refractivity contribution in [3.63, 3.8) is 0 Å². The maximum atomic E-state index is 13.4. The molecule has 0 amide bonds. The van der Waals surface area contributed by atoms with Gasteiger partial charge in [0.2, 0.25) is 0 Å². The first kappa shape index (κ1) is 17.5. The molecule has 0 aliphatic rings. The van der Waals surface area contributed by atoms with Crippen LogP contribution in [-0.2, 0) is 14.8 Å². The summed E-state index contributed by atoms with van der Waals surface area (Å²) < 4.78 is 45.2. The number of rotatable bonds is 4. The lowest BCUT2D eigenvalue weighted by atomic mass is 10.3. The SMILES string of the molecule is CC(=O)Oc1ccc(F)cc1NS(=O)(=O)c1cc(Cl)ccc1Cl. The Bertz CT molecular complexity index is 871. The van der Waals surface area contributed by atoms with Crippen LogP contribution < -0.4 is 9.46 Å². The van der Waals surface area contributed by atoms with Crippen LogP contribution in [0.4, 0.5) is 10.1 Å². The maximum absolute atomic E-state index is 13.4. The smallest absolute Gasteiger partial charge is 0.308 e. The van der Waals surface area contributed by atoms with Crippen molar-refractivity contribution < 1.29 is 22.3 Å². The van der Waals surface area contributed by atoms with Gasteiger partial charge in [0.25, 0.3) is 10.0 Å². The molecule has 0 atom stereocenters. The topological polar surface area (TPSA) is 72.5 Å². The summed E-state index contributed by atoms with van der Waals surface area (Å²) in [6.07, 6.45) is 0. The van der Waals surface area contributed by atoms with E-state index < -0.39 is 21.8 Å². The van der Waals surface area contributed by atoms with E-state index in [1.165, 1.54) is 12.1 Å². The fourth-order valence-electron chi connectivity index (χ4n) is 1.71. The van der Waals surface area contributed by atoms with Crippen LogP contribution in [0.3, 0.4) is 0 Å². The second-order valence-corrected chi connectivity index (χ2v) is 6.91. The van der Waals surface area contributed by atoms with E-state index in [0.717, 1.165) is 31.2 Å². The van der Waals surface area contributed by atoms with Crippen LogP contribution in [-0.4, -0.2) is 14.4 Å². The van der Waals surface area contributed by atoms with Crippen molar-refractivity contribution in [1.82, 2.24) is 0 Å². The Morgan fingerprint density at radius 1 is 1.17 bits per heavy atom. The average molecular weight is 378 g/mol. The standard InChI is InChI=1S/C14H10Cl2FNO4S/c1-8(19)22-13-5-3-10(17)7-12(13)18-23(20,21)14-6-9(15)2-4-11(14)16/h2-7,18H,1H3. The number of anilines is 1. The van der Waals surface area contributed by atoms with Gasteiger partial charge in [-0.05, 0) is 30.3 Å². The predicted molar refractivity (Wildman–Crippen MR) is 85.0 cm³/mol. The molecule has 0 radical (unpaired) electrons. The number of benzene rings is 2. The van der Waals surface area contributed by atoms with E-state index >= 15 is 0 Å². The Balaban J connectivity index is 2.46. The van der Waals surface area contributed by atoms with Gasteiger partial charge >= 0.3 is 5.97 Å². The molecule has 0 spiro atoms. The van der Waals surface area contributed by atoms with Crippen LogP contribution in [0.5, 0.6) is 5.75 Å². The first-order chi connectivity index (χ1) is 10.7. The molecular weight excluding hydrogens is 368 g/mol. The second kappa shape index (κ2) is 6.74. The number of carbonyl (C=O) groups is 1. The Hall–Kier alpha value is -1.83. The fraction of sp³-hybridized carbons (Fsp3) is 0.0714. The first-order valence-corrected chi connectivity index (χ1v) is 8.39. The number of nitrogens with one attached hydrogen (secondary N) is 1. The minimum absolute atomic E-state index is 0.0626. The molecule has 0 heterocycles. The highest BCUT2D eigenvalue weighted by Crippen LogP contribution is 2.31. The van der Waals surface area contributed by atoms with Crippen molar-refractivity contribution in [3.8, 4) is 5.75 Å². The van der Waals surface area contributed by atoms with Crippen LogP contribution in [0.2, 0.25) is 10.0 Å². The summed E-state index contributed by atoms with van der Waals surface area (Å²) >= 11 is 11.6. The number of carbonyl (C=O) groups excluding carboxylic acids is 1. The zero-order valence-electron chi connectivity index (χ0n) is 11.6. The van der Waals surface area contributed by atoms with Crippen molar-refractivity contribution in [1.29, 1.82) is 0 Å². The number of esters is 1. The highest BCUT2D eigenvalue weighted by Gasteiger charge is 2.21. The molecule has 2 aromatic rings. The quantitative estimate of drug-likeness (QED) is 0.648. The first-order valence-electron chi connectivity index (χ1n) is 6.15. The summed E-state index contributed by atoms with van der Waals surface area (Å²) in [6.45, 7) is 1.13. The zero-order chi connectivity index (χ0) is 17.2. The van der Waals surface area contributed by atoms with Gasteiger partial charge in [-0.15, -0.1) is 0 Å². The summed E-state index contributed by atoms with van der Waals surface area (Å²) in [5.74, 6) is -1.53. The second-order valence-electron chi connectivity index (χ2n) is 4.41. The molecule has 23 heavy (non-hydrogen) atoms. The molecule has 1 N–H and O–H groups in total. The minimum Gasteiger partial charge on any atom is -0.424 e. The molecule has 122 valence electrons. The highest BCUT2D eigenvalue weighted by molar-refractivity contribution is 7.92. The van der Waals surface area contributed by atoms with Gasteiger partial charge in [0.1, 0.15) is 10.7 Å². The lowest BCUT2D eigenvalue weighted by molar-refractivity contribution is -0.131. The molecule has 0 saturated carbocycles. The third-order valence-electron chi connectivity index (χ3n) is 2.62. The van der Waals surface area contributed by atoms with Gasteiger partial charge in [-0.2, -0.15) is 0 Å². The molecular formula is C14H10Cl2FNO4S. The van der Waals surface area contributed by atoms with Crippen molar-refractivity contribution in [2.75, 3.05) is 4.72 Å². The van der Waals surface area contributed by atoms with Crippen LogP contribution in [0.25, 0.3) is 0 Å². The molecule has 0 unspecified atom stereocenters. The Morgan fingerprint density at radius 2 is 1.87 bits per heavy atom. The van der Waals surface area contributed by atoms with E-state index in [0.29, 0.717) is 0 Å². The van der Waals surface area contributed by atoms with Gasteiger partial charge < -0.3 is 4.74 Å². The summed E-state index contributed by atoms with van der Waals surface area (Å²) in [4.78, 5) is 10.8. The molecule has 0 aromatic heterocycles. The number of ether oxygens (including phenoxy) is 1. The summed E-state index contributed by atoms with van der Waals surface area (Å²) in [7, 11) is -4.17. The summed E-state index contributed by atoms with van der Waals surface area (Å²) in [6, 6.07) is 6.94. The van der Waals surface area contributed by atoms with Crippen LogP contribution in [0.15, 0.2) is 41.3 Å². The zero-order valence-corrected chi connectivity index (χ0v) is 14.0. The summed E-state index contributed by atoms with van der Waals surface area (Å²) in [5, 5.41) is 0.0987. The monoisotopic (exact) mass is 377 g/mol. The molecule has 0 aliphatic carbocycles. The van der Waals surface area contributed by atoms with Gasteiger partial charge in [-0.25, -0.2) is 12.8 Å². The molecule has 0 saturated heterocycles. The lowest BCUT2D eigenvalue weighted by Gasteiger charge is -2.13. The minimum atomic E-state index is -4.17. The Morgan fingerprint density at radius 3 is 2.52 bits per heavy atom. The molecule has 0 bridgehead atoms. The van der Waals surface area contributed by atoms with E-state index in [9.17, 15) is 17.6 Å². The van der Waals surface area contributed by atoms with Gasteiger partial charge in [0.15, 0.2) is 5.75 Å². The highest BCUT2D eigenvalue weighted by atomic mass is 35.5. The van der Waals surface area contributed by atoms with Crippen molar-refractivity contribution in [2.45, 2.75) is 11.8 Å². The fourth-order valence-corrected chi connectivity index (χ4v) is 3.53. The van der Waals surface area contributed by atoms with E-state index in [1.807, 2.05) is 0 Å². The van der Waals surface area contributed by atoms with Gasteiger partial charge in [-0.1, -0.05) is 23.2 Å². The molecule has 9 heteroatoms.